The SMILES string of the molecule is C=C(C)C(=O)OC12CC3OC(=O)C(C3C1)C2C(=O)OC(C)(C)C. The predicted molar refractivity (Wildman–Crippen MR) is 79.1 cm³/mol. The molecule has 5 unspecified atom stereocenters. The van der Waals surface area contributed by atoms with Gasteiger partial charge in [-0.2, -0.15) is 0 Å². The van der Waals surface area contributed by atoms with Gasteiger partial charge in [-0.1, -0.05) is 6.58 Å². The maximum atomic E-state index is 12.7. The van der Waals surface area contributed by atoms with E-state index in [1.54, 1.807) is 27.7 Å². The van der Waals surface area contributed by atoms with Gasteiger partial charge in [-0.3, -0.25) is 9.59 Å². The first-order valence-electron chi connectivity index (χ1n) is 7.86. The lowest BCUT2D eigenvalue weighted by Crippen LogP contribution is -2.48. The van der Waals surface area contributed by atoms with Gasteiger partial charge in [0, 0.05) is 17.9 Å². The summed E-state index contributed by atoms with van der Waals surface area (Å²) in [4.78, 5) is 36.9. The van der Waals surface area contributed by atoms with Gasteiger partial charge in [0.05, 0.1) is 5.92 Å². The Morgan fingerprint density at radius 1 is 1.30 bits per heavy atom. The molecule has 2 saturated carbocycles. The molecule has 3 aliphatic rings. The summed E-state index contributed by atoms with van der Waals surface area (Å²) in [6, 6.07) is 0. The maximum absolute atomic E-state index is 12.7. The monoisotopic (exact) mass is 322 g/mol. The number of fused-ring (bicyclic) bond motifs is 1. The topological polar surface area (TPSA) is 78.9 Å². The van der Waals surface area contributed by atoms with Crippen molar-refractivity contribution >= 4 is 17.9 Å². The molecule has 0 spiro atoms. The van der Waals surface area contributed by atoms with Crippen LogP contribution in [-0.4, -0.2) is 35.2 Å². The number of esters is 3. The van der Waals surface area contributed by atoms with E-state index in [0.29, 0.717) is 12.8 Å². The van der Waals surface area contributed by atoms with E-state index in [2.05, 4.69) is 6.58 Å². The number of hydrogen-bond acceptors (Lipinski definition) is 6. The van der Waals surface area contributed by atoms with Crippen LogP contribution in [-0.2, 0) is 28.6 Å². The van der Waals surface area contributed by atoms with Crippen LogP contribution in [0.25, 0.3) is 0 Å². The predicted octanol–water partition coefficient (Wildman–Crippen LogP) is 1.77. The Labute approximate surface area is 135 Å². The number of carbonyl (C=O) groups excluding carboxylic acids is 3. The van der Waals surface area contributed by atoms with Gasteiger partial charge in [-0.25, -0.2) is 4.79 Å². The molecule has 1 saturated heterocycles. The van der Waals surface area contributed by atoms with Crippen molar-refractivity contribution in [3.05, 3.63) is 12.2 Å². The van der Waals surface area contributed by atoms with Crippen molar-refractivity contribution in [2.75, 3.05) is 0 Å². The minimum Gasteiger partial charge on any atom is -0.462 e. The first-order chi connectivity index (χ1) is 10.5. The van der Waals surface area contributed by atoms with Gasteiger partial charge < -0.3 is 14.2 Å². The van der Waals surface area contributed by atoms with E-state index < -0.39 is 35.0 Å². The van der Waals surface area contributed by atoms with Crippen molar-refractivity contribution in [3.8, 4) is 0 Å². The third-order valence-corrected chi connectivity index (χ3v) is 4.84. The lowest BCUT2D eigenvalue weighted by atomic mass is 9.77. The Bertz CT molecular complexity index is 597. The lowest BCUT2D eigenvalue weighted by molar-refractivity contribution is -0.180. The minimum atomic E-state index is -1.02. The molecule has 2 bridgehead atoms. The van der Waals surface area contributed by atoms with E-state index in [0.717, 1.165) is 0 Å². The normalized spacial score (nSPS) is 37.5. The Kier molecular flexibility index (Phi) is 3.36. The molecule has 0 aromatic carbocycles. The molecule has 23 heavy (non-hydrogen) atoms. The van der Waals surface area contributed by atoms with Gasteiger partial charge >= 0.3 is 17.9 Å². The number of ether oxygens (including phenoxy) is 3. The highest BCUT2D eigenvalue weighted by Gasteiger charge is 2.73. The highest BCUT2D eigenvalue weighted by molar-refractivity contribution is 5.90. The summed E-state index contributed by atoms with van der Waals surface area (Å²) in [6.45, 7) is 10.4. The molecule has 2 aliphatic carbocycles. The van der Waals surface area contributed by atoms with Crippen molar-refractivity contribution in [2.45, 2.75) is 57.8 Å². The Morgan fingerprint density at radius 3 is 2.52 bits per heavy atom. The molecular weight excluding hydrogens is 300 g/mol. The van der Waals surface area contributed by atoms with Crippen molar-refractivity contribution in [2.24, 2.45) is 17.8 Å². The zero-order valence-electron chi connectivity index (χ0n) is 13.9. The standard InChI is InChI=1S/C17H22O6/c1-8(2)13(18)23-17-6-9-10(7-17)21-14(19)11(9)12(17)15(20)22-16(3,4)5/h9-12H,1,6-7H2,2-5H3. The van der Waals surface area contributed by atoms with Crippen LogP contribution < -0.4 is 0 Å². The van der Waals surface area contributed by atoms with Crippen molar-refractivity contribution in [1.29, 1.82) is 0 Å². The Hall–Kier alpha value is -1.85. The first-order valence-corrected chi connectivity index (χ1v) is 7.86. The summed E-state index contributed by atoms with van der Waals surface area (Å²) in [5, 5.41) is 0. The molecular formula is C17H22O6. The zero-order valence-corrected chi connectivity index (χ0v) is 13.9. The highest BCUT2D eigenvalue weighted by atomic mass is 16.6. The van der Waals surface area contributed by atoms with Gasteiger partial charge in [-0.15, -0.1) is 0 Å². The number of rotatable bonds is 3. The van der Waals surface area contributed by atoms with Crippen LogP contribution in [0.4, 0.5) is 0 Å². The van der Waals surface area contributed by atoms with Crippen LogP contribution in [0.3, 0.4) is 0 Å². The van der Waals surface area contributed by atoms with Gasteiger partial charge in [0.25, 0.3) is 0 Å². The van der Waals surface area contributed by atoms with E-state index in [4.69, 9.17) is 14.2 Å². The minimum absolute atomic E-state index is 0.0852. The van der Waals surface area contributed by atoms with Crippen LogP contribution >= 0.6 is 0 Å². The van der Waals surface area contributed by atoms with Gasteiger partial charge in [0.15, 0.2) is 0 Å². The number of carbonyl (C=O) groups is 3. The summed E-state index contributed by atoms with van der Waals surface area (Å²) in [7, 11) is 0. The van der Waals surface area contributed by atoms with Gasteiger partial charge in [0.1, 0.15) is 23.2 Å². The van der Waals surface area contributed by atoms with Gasteiger partial charge in [-0.05, 0) is 34.1 Å². The van der Waals surface area contributed by atoms with Crippen molar-refractivity contribution in [1.82, 2.24) is 0 Å². The first kappa shape index (κ1) is 16.0. The van der Waals surface area contributed by atoms with Crippen LogP contribution in [0.5, 0.6) is 0 Å². The Morgan fingerprint density at radius 2 is 1.96 bits per heavy atom. The van der Waals surface area contributed by atoms with Crippen LogP contribution in [0.1, 0.15) is 40.5 Å². The number of hydrogen-bond donors (Lipinski definition) is 0. The third-order valence-electron chi connectivity index (χ3n) is 4.84. The molecule has 0 radical (unpaired) electrons. The molecule has 6 heteroatoms. The fraction of sp³-hybridized carbons (Fsp3) is 0.706. The van der Waals surface area contributed by atoms with Crippen molar-refractivity contribution < 1.29 is 28.6 Å². The summed E-state index contributed by atoms with van der Waals surface area (Å²) >= 11 is 0. The largest absolute Gasteiger partial charge is 0.462 e. The maximum Gasteiger partial charge on any atom is 0.333 e. The van der Waals surface area contributed by atoms with Gasteiger partial charge in [0.2, 0.25) is 0 Å². The lowest BCUT2D eigenvalue weighted by Gasteiger charge is -2.35. The summed E-state index contributed by atoms with van der Waals surface area (Å²) < 4.78 is 16.5. The summed E-state index contributed by atoms with van der Waals surface area (Å²) in [6.07, 6.45) is 0.531. The molecule has 126 valence electrons. The summed E-state index contributed by atoms with van der Waals surface area (Å²) in [5.74, 6) is -2.91. The molecule has 0 N–H and O–H groups in total. The molecule has 0 amide bonds. The second kappa shape index (κ2) is 4.82. The molecule has 3 fully saturated rings. The second-order valence-corrected chi connectivity index (χ2v) is 7.82. The average molecular weight is 322 g/mol. The molecule has 1 aliphatic heterocycles. The summed E-state index contributed by atoms with van der Waals surface area (Å²) in [5.41, 5.74) is -1.44. The fourth-order valence-corrected chi connectivity index (χ4v) is 4.11. The van der Waals surface area contributed by atoms with Crippen LogP contribution in [0.15, 0.2) is 12.2 Å². The molecule has 1 heterocycles. The fourth-order valence-electron chi connectivity index (χ4n) is 4.11. The van der Waals surface area contributed by atoms with Crippen LogP contribution in [0, 0.1) is 17.8 Å². The molecule has 6 nitrogen and oxygen atoms in total. The van der Waals surface area contributed by atoms with E-state index in [-0.39, 0.29) is 23.6 Å². The van der Waals surface area contributed by atoms with E-state index in [1.165, 1.54) is 0 Å². The molecule has 0 aromatic heterocycles. The molecule has 0 aromatic rings. The van der Waals surface area contributed by atoms with E-state index >= 15 is 0 Å². The average Bonchev–Trinajstić information content (AvgIpc) is 2.93. The molecule has 3 rings (SSSR count). The molecule has 5 atom stereocenters. The Balaban J connectivity index is 1.93. The quantitative estimate of drug-likeness (QED) is 0.447. The highest BCUT2D eigenvalue weighted by Crippen LogP contribution is 2.62. The van der Waals surface area contributed by atoms with E-state index in [9.17, 15) is 14.4 Å². The van der Waals surface area contributed by atoms with E-state index in [1.807, 2.05) is 0 Å². The van der Waals surface area contributed by atoms with Crippen LogP contribution in [0.2, 0.25) is 0 Å². The second-order valence-electron chi connectivity index (χ2n) is 7.82. The smallest absolute Gasteiger partial charge is 0.333 e. The third kappa shape index (κ3) is 2.44. The zero-order chi connectivity index (χ0) is 17.2. The van der Waals surface area contributed by atoms with Crippen molar-refractivity contribution in [3.63, 3.8) is 0 Å².